The molecule has 3 aromatic rings. The number of para-hydroxylation sites is 1. The maximum Gasteiger partial charge on any atom is 0.244 e. The van der Waals surface area contributed by atoms with Crippen LogP contribution >= 0.6 is 11.6 Å². The van der Waals surface area contributed by atoms with E-state index in [1.165, 1.54) is 6.07 Å². The van der Waals surface area contributed by atoms with Crippen LogP contribution in [0, 0.1) is 5.82 Å². The number of hydrogen-bond acceptors (Lipinski definition) is 5. The Bertz CT molecular complexity index is 1090. The summed E-state index contributed by atoms with van der Waals surface area (Å²) in [5.74, 6) is 0.780. The van der Waals surface area contributed by atoms with Gasteiger partial charge in [-0.2, -0.15) is 4.98 Å². The minimum absolute atomic E-state index is 0.0434. The molecule has 2 saturated heterocycles. The van der Waals surface area contributed by atoms with Gasteiger partial charge in [0.05, 0.1) is 17.6 Å². The number of amides is 1. The van der Waals surface area contributed by atoms with Crippen molar-refractivity contribution in [3.8, 4) is 11.4 Å². The minimum Gasteiger partial charge on any atom is -0.339 e. The summed E-state index contributed by atoms with van der Waals surface area (Å²) in [6, 6.07) is 13.5. The van der Waals surface area contributed by atoms with E-state index in [0.717, 1.165) is 24.9 Å². The van der Waals surface area contributed by atoms with Crippen molar-refractivity contribution in [2.75, 3.05) is 24.5 Å². The first kappa shape index (κ1) is 20.2. The van der Waals surface area contributed by atoms with Crippen molar-refractivity contribution in [1.29, 1.82) is 0 Å². The molecule has 0 bridgehead atoms. The quantitative estimate of drug-likeness (QED) is 0.597. The van der Waals surface area contributed by atoms with E-state index in [0.29, 0.717) is 41.9 Å². The van der Waals surface area contributed by atoms with Crippen LogP contribution < -0.4 is 4.90 Å². The molecule has 0 spiro atoms. The lowest BCUT2D eigenvalue weighted by molar-refractivity contribution is -0.122. The largest absolute Gasteiger partial charge is 0.339 e. The molecule has 2 aromatic carbocycles. The van der Waals surface area contributed by atoms with Crippen LogP contribution in [0.1, 0.15) is 31.1 Å². The van der Waals surface area contributed by atoms with Gasteiger partial charge in [-0.05, 0) is 62.2 Å². The molecule has 1 amide bonds. The Morgan fingerprint density at radius 3 is 2.68 bits per heavy atom. The van der Waals surface area contributed by atoms with E-state index in [1.807, 2.05) is 12.1 Å². The second kappa shape index (κ2) is 8.40. The third-order valence-corrected chi connectivity index (χ3v) is 6.36. The number of likely N-dealkylation sites (tertiary alicyclic amines) is 1. The highest BCUT2D eigenvalue weighted by Gasteiger charge is 2.40. The molecule has 2 fully saturated rings. The van der Waals surface area contributed by atoms with E-state index >= 15 is 0 Å². The average Bonchev–Trinajstić information content (AvgIpc) is 3.42. The first-order valence-corrected chi connectivity index (χ1v) is 10.9. The first-order valence-electron chi connectivity index (χ1n) is 10.5. The van der Waals surface area contributed by atoms with Crippen LogP contribution in [-0.2, 0) is 4.79 Å². The first-order chi connectivity index (χ1) is 15.1. The van der Waals surface area contributed by atoms with E-state index in [4.69, 9.17) is 16.1 Å². The Morgan fingerprint density at radius 1 is 1.06 bits per heavy atom. The molecule has 0 radical (unpaired) electrons. The summed E-state index contributed by atoms with van der Waals surface area (Å²) in [4.78, 5) is 21.4. The highest BCUT2D eigenvalue weighted by Crippen LogP contribution is 2.32. The van der Waals surface area contributed by atoms with Gasteiger partial charge in [-0.3, -0.25) is 9.69 Å². The molecule has 2 unspecified atom stereocenters. The molecule has 2 atom stereocenters. The van der Waals surface area contributed by atoms with E-state index in [2.05, 4.69) is 15.0 Å². The van der Waals surface area contributed by atoms with Crippen LogP contribution in [0.4, 0.5) is 10.1 Å². The summed E-state index contributed by atoms with van der Waals surface area (Å²) in [7, 11) is 0. The number of nitrogens with zero attached hydrogens (tertiary/aromatic N) is 4. The molecule has 1 aromatic heterocycles. The predicted molar refractivity (Wildman–Crippen MR) is 115 cm³/mol. The Morgan fingerprint density at radius 2 is 1.87 bits per heavy atom. The van der Waals surface area contributed by atoms with Crippen molar-refractivity contribution in [3.05, 3.63) is 65.3 Å². The highest BCUT2D eigenvalue weighted by atomic mass is 35.5. The number of benzene rings is 2. The van der Waals surface area contributed by atoms with Crippen molar-refractivity contribution in [1.82, 2.24) is 15.0 Å². The SMILES string of the molecule is O=C1C(N2CCCC(c3nc(-c4ccc(Cl)cc4)no3)C2)CCN1c1ccccc1F. The molecule has 160 valence electrons. The fourth-order valence-corrected chi connectivity index (χ4v) is 4.65. The summed E-state index contributed by atoms with van der Waals surface area (Å²) < 4.78 is 19.8. The normalized spacial score (nSPS) is 22.3. The standard InChI is InChI=1S/C23H22ClFN4O2/c24-17-9-7-15(8-10-17)21-26-22(31-27-21)16-4-3-12-28(14-16)20-11-13-29(23(20)30)19-6-2-1-5-18(19)25/h1-2,5-10,16,20H,3-4,11-14H2. The molecule has 31 heavy (non-hydrogen) atoms. The van der Waals surface area contributed by atoms with Crippen molar-refractivity contribution in [2.24, 2.45) is 0 Å². The second-order valence-electron chi connectivity index (χ2n) is 8.04. The number of rotatable bonds is 4. The van der Waals surface area contributed by atoms with Gasteiger partial charge >= 0.3 is 0 Å². The molecule has 0 N–H and O–H groups in total. The molecule has 3 heterocycles. The molecular formula is C23H22ClFN4O2. The summed E-state index contributed by atoms with van der Waals surface area (Å²) in [6.07, 6.45) is 2.54. The van der Waals surface area contributed by atoms with Crippen LogP contribution in [0.15, 0.2) is 53.1 Å². The average molecular weight is 441 g/mol. The molecule has 6 nitrogen and oxygen atoms in total. The number of anilines is 1. The maximum atomic E-state index is 14.2. The van der Waals surface area contributed by atoms with Crippen molar-refractivity contribution >= 4 is 23.2 Å². The van der Waals surface area contributed by atoms with Crippen molar-refractivity contribution in [2.45, 2.75) is 31.2 Å². The van der Waals surface area contributed by atoms with Gasteiger partial charge in [-0.15, -0.1) is 0 Å². The molecule has 2 aliphatic rings. The van der Waals surface area contributed by atoms with E-state index in [1.54, 1.807) is 35.2 Å². The zero-order chi connectivity index (χ0) is 21.4. The van der Waals surface area contributed by atoms with E-state index in [-0.39, 0.29) is 23.7 Å². The molecule has 2 aliphatic heterocycles. The second-order valence-corrected chi connectivity index (χ2v) is 8.48. The number of aromatic nitrogens is 2. The van der Waals surface area contributed by atoms with Crippen molar-refractivity contribution < 1.29 is 13.7 Å². The zero-order valence-corrected chi connectivity index (χ0v) is 17.6. The lowest BCUT2D eigenvalue weighted by Crippen LogP contribution is -2.46. The number of halogens is 2. The van der Waals surface area contributed by atoms with Crippen LogP contribution in [0.5, 0.6) is 0 Å². The third-order valence-electron chi connectivity index (χ3n) is 6.11. The summed E-state index contributed by atoms with van der Waals surface area (Å²) in [6.45, 7) is 2.02. The lowest BCUT2D eigenvalue weighted by Gasteiger charge is -2.34. The summed E-state index contributed by atoms with van der Waals surface area (Å²) in [5.41, 5.74) is 1.20. The van der Waals surface area contributed by atoms with E-state index < -0.39 is 0 Å². The number of carbonyl (C=O) groups is 1. The minimum atomic E-state index is -0.367. The Hall–Kier alpha value is -2.77. The zero-order valence-electron chi connectivity index (χ0n) is 16.9. The van der Waals surface area contributed by atoms with Gasteiger partial charge in [0.2, 0.25) is 17.6 Å². The Balaban J connectivity index is 1.29. The summed E-state index contributed by atoms with van der Waals surface area (Å²) in [5, 5.41) is 4.78. The molecule has 8 heteroatoms. The van der Waals surface area contributed by atoms with Gasteiger partial charge in [-0.25, -0.2) is 4.39 Å². The van der Waals surface area contributed by atoms with Crippen LogP contribution in [0.2, 0.25) is 5.02 Å². The van der Waals surface area contributed by atoms with Crippen LogP contribution in [0.3, 0.4) is 0 Å². The maximum absolute atomic E-state index is 14.2. The molecular weight excluding hydrogens is 419 g/mol. The van der Waals surface area contributed by atoms with Gasteiger partial charge in [0.1, 0.15) is 5.82 Å². The van der Waals surface area contributed by atoms with E-state index in [9.17, 15) is 9.18 Å². The Kier molecular flexibility index (Phi) is 5.46. The van der Waals surface area contributed by atoms with Gasteiger partial charge in [0.15, 0.2) is 0 Å². The fraction of sp³-hybridized carbons (Fsp3) is 0.348. The topological polar surface area (TPSA) is 62.5 Å². The summed E-state index contributed by atoms with van der Waals surface area (Å²) >= 11 is 5.95. The van der Waals surface area contributed by atoms with Gasteiger partial charge in [-0.1, -0.05) is 28.9 Å². The number of carbonyl (C=O) groups excluding carboxylic acids is 1. The monoisotopic (exact) mass is 440 g/mol. The fourth-order valence-electron chi connectivity index (χ4n) is 4.52. The lowest BCUT2D eigenvalue weighted by atomic mass is 9.96. The van der Waals surface area contributed by atoms with Crippen LogP contribution in [0.25, 0.3) is 11.4 Å². The smallest absolute Gasteiger partial charge is 0.244 e. The van der Waals surface area contributed by atoms with Gasteiger partial charge in [0, 0.05) is 23.7 Å². The number of hydrogen-bond donors (Lipinski definition) is 0. The van der Waals surface area contributed by atoms with Crippen LogP contribution in [-0.4, -0.2) is 46.6 Å². The van der Waals surface area contributed by atoms with Crippen molar-refractivity contribution in [3.63, 3.8) is 0 Å². The number of piperidine rings is 1. The predicted octanol–water partition coefficient (Wildman–Crippen LogP) is 4.51. The highest BCUT2D eigenvalue weighted by molar-refractivity contribution is 6.30. The molecule has 5 rings (SSSR count). The molecule has 0 aliphatic carbocycles. The third kappa shape index (κ3) is 3.95. The Labute approximate surface area is 184 Å². The van der Waals surface area contributed by atoms with Gasteiger partial charge in [0.25, 0.3) is 0 Å². The molecule has 0 saturated carbocycles. The van der Waals surface area contributed by atoms with Gasteiger partial charge < -0.3 is 9.42 Å².